The highest BCUT2D eigenvalue weighted by Crippen LogP contribution is 2.25. The Morgan fingerprint density at radius 2 is 1.32 bits per heavy atom. The van der Waals surface area contributed by atoms with E-state index in [4.69, 9.17) is 4.74 Å². The summed E-state index contributed by atoms with van der Waals surface area (Å²) in [7, 11) is 0. The number of amides is 2. The quantitative estimate of drug-likeness (QED) is 0.699. The lowest BCUT2D eigenvalue weighted by molar-refractivity contribution is -0.157. The highest BCUT2D eigenvalue weighted by atomic mass is 16.5. The van der Waals surface area contributed by atoms with Gasteiger partial charge in [-0.15, -0.1) is 0 Å². The topological polar surface area (TPSA) is 49.9 Å². The van der Waals surface area contributed by atoms with Crippen LogP contribution in [-0.4, -0.2) is 61.0 Å². The van der Waals surface area contributed by atoms with Gasteiger partial charge in [0.1, 0.15) is 5.41 Å². The highest BCUT2D eigenvalue weighted by Gasteiger charge is 2.42. The SMILES string of the molecule is CC(C)(C(=O)N1CCCCC1)C(=O)N1CCOCC1. The number of carbonyl (C=O) groups excluding carboxylic acids is 2. The van der Waals surface area contributed by atoms with Crippen molar-refractivity contribution < 1.29 is 14.3 Å². The molecule has 0 aromatic rings. The average Bonchev–Trinajstić information content (AvgIpc) is 2.47. The van der Waals surface area contributed by atoms with Crippen molar-refractivity contribution >= 4 is 11.8 Å². The third kappa shape index (κ3) is 3.08. The van der Waals surface area contributed by atoms with E-state index in [-0.39, 0.29) is 11.8 Å². The third-order valence-electron chi connectivity index (χ3n) is 4.01. The molecule has 19 heavy (non-hydrogen) atoms. The van der Waals surface area contributed by atoms with E-state index in [9.17, 15) is 9.59 Å². The molecule has 0 bridgehead atoms. The highest BCUT2D eigenvalue weighted by molar-refractivity contribution is 6.04. The molecule has 2 amide bonds. The van der Waals surface area contributed by atoms with Gasteiger partial charge in [-0.1, -0.05) is 0 Å². The van der Waals surface area contributed by atoms with Crippen LogP contribution in [0.25, 0.3) is 0 Å². The van der Waals surface area contributed by atoms with E-state index in [0.717, 1.165) is 25.9 Å². The fourth-order valence-electron chi connectivity index (χ4n) is 2.75. The Hall–Kier alpha value is -1.10. The summed E-state index contributed by atoms with van der Waals surface area (Å²) in [5, 5.41) is 0. The van der Waals surface area contributed by atoms with E-state index < -0.39 is 5.41 Å². The zero-order valence-corrected chi connectivity index (χ0v) is 12.0. The van der Waals surface area contributed by atoms with Crippen LogP contribution in [0.3, 0.4) is 0 Å². The molecule has 2 aliphatic rings. The van der Waals surface area contributed by atoms with E-state index in [2.05, 4.69) is 0 Å². The van der Waals surface area contributed by atoms with E-state index in [0.29, 0.717) is 26.3 Å². The summed E-state index contributed by atoms with van der Waals surface area (Å²) in [6, 6.07) is 0. The van der Waals surface area contributed by atoms with E-state index in [1.807, 2.05) is 4.90 Å². The first-order valence-electron chi connectivity index (χ1n) is 7.20. The van der Waals surface area contributed by atoms with Crippen molar-refractivity contribution in [1.29, 1.82) is 0 Å². The van der Waals surface area contributed by atoms with Gasteiger partial charge in [-0.05, 0) is 33.1 Å². The van der Waals surface area contributed by atoms with Gasteiger partial charge in [-0.3, -0.25) is 9.59 Å². The molecule has 0 radical (unpaired) electrons. The molecule has 0 unspecified atom stereocenters. The Balaban J connectivity index is 2.02. The van der Waals surface area contributed by atoms with Gasteiger partial charge in [0.25, 0.3) is 0 Å². The Morgan fingerprint density at radius 1 is 0.842 bits per heavy atom. The number of hydrogen-bond donors (Lipinski definition) is 0. The van der Waals surface area contributed by atoms with Gasteiger partial charge >= 0.3 is 0 Å². The lowest BCUT2D eigenvalue weighted by Gasteiger charge is -2.37. The van der Waals surface area contributed by atoms with Crippen molar-refractivity contribution in [2.45, 2.75) is 33.1 Å². The Bertz CT molecular complexity index is 311. The molecule has 0 N–H and O–H groups in total. The Labute approximate surface area is 114 Å². The number of carbonyl (C=O) groups is 2. The second-order valence-corrected chi connectivity index (χ2v) is 5.88. The maximum Gasteiger partial charge on any atom is 0.237 e. The van der Waals surface area contributed by atoms with Crippen LogP contribution in [0.15, 0.2) is 0 Å². The first-order chi connectivity index (χ1) is 9.03. The van der Waals surface area contributed by atoms with Crippen molar-refractivity contribution in [1.82, 2.24) is 9.80 Å². The lowest BCUT2D eigenvalue weighted by Crippen LogP contribution is -2.54. The Kier molecular flexibility index (Phi) is 4.45. The second kappa shape index (κ2) is 5.90. The zero-order chi connectivity index (χ0) is 13.9. The number of hydrogen-bond acceptors (Lipinski definition) is 3. The minimum Gasteiger partial charge on any atom is -0.378 e. The number of likely N-dealkylation sites (tertiary alicyclic amines) is 1. The molecule has 0 saturated carbocycles. The maximum atomic E-state index is 12.6. The number of nitrogens with zero attached hydrogens (tertiary/aromatic N) is 2. The smallest absolute Gasteiger partial charge is 0.237 e. The summed E-state index contributed by atoms with van der Waals surface area (Å²) in [4.78, 5) is 28.7. The Morgan fingerprint density at radius 3 is 1.84 bits per heavy atom. The van der Waals surface area contributed by atoms with Gasteiger partial charge in [-0.25, -0.2) is 0 Å². The lowest BCUT2D eigenvalue weighted by atomic mass is 9.88. The fourth-order valence-corrected chi connectivity index (χ4v) is 2.75. The van der Waals surface area contributed by atoms with E-state index in [1.54, 1.807) is 18.7 Å². The monoisotopic (exact) mass is 268 g/mol. The van der Waals surface area contributed by atoms with Gasteiger partial charge in [0.05, 0.1) is 13.2 Å². The van der Waals surface area contributed by atoms with E-state index >= 15 is 0 Å². The third-order valence-corrected chi connectivity index (χ3v) is 4.01. The molecular formula is C14H24N2O3. The van der Waals surface area contributed by atoms with Gasteiger partial charge in [0, 0.05) is 26.2 Å². The van der Waals surface area contributed by atoms with Crippen LogP contribution in [0.5, 0.6) is 0 Å². The maximum absolute atomic E-state index is 12.6. The summed E-state index contributed by atoms with van der Waals surface area (Å²) in [6.45, 7) is 7.41. The van der Waals surface area contributed by atoms with Crippen molar-refractivity contribution in [3.8, 4) is 0 Å². The molecule has 0 atom stereocenters. The van der Waals surface area contributed by atoms with Crippen molar-refractivity contribution in [2.24, 2.45) is 5.41 Å². The van der Waals surface area contributed by atoms with Crippen LogP contribution < -0.4 is 0 Å². The summed E-state index contributed by atoms with van der Waals surface area (Å²) >= 11 is 0. The van der Waals surface area contributed by atoms with Crippen LogP contribution in [-0.2, 0) is 14.3 Å². The van der Waals surface area contributed by atoms with Crippen molar-refractivity contribution in [2.75, 3.05) is 39.4 Å². The number of piperidine rings is 1. The molecule has 2 saturated heterocycles. The molecule has 0 aromatic heterocycles. The second-order valence-electron chi connectivity index (χ2n) is 5.88. The predicted octanol–water partition coefficient (Wildman–Crippen LogP) is 0.884. The van der Waals surface area contributed by atoms with Gasteiger partial charge < -0.3 is 14.5 Å². The molecule has 2 aliphatic heterocycles. The van der Waals surface area contributed by atoms with Crippen LogP contribution in [0, 0.1) is 5.41 Å². The summed E-state index contributed by atoms with van der Waals surface area (Å²) in [6.07, 6.45) is 3.28. The molecule has 5 nitrogen and oxygen atoms in total. The molecule has 2 rings (SSSR count). The minimum absolute atomic E-state index is 0.0244. The van der Waals surface area contributed by atoms with Crippen molar-refractivity contribution in [3.63, 3.8) is 0 Å². The first kappa shape index (κ1) is 14.3. The number of ether oxygens (including phenoxy) is 1. The average molecular weight is 268 g/mol. The molecule has 2 fully saturated rings. The normalized spacial score (nSPS) is 21.4. The first-order valence-corrected chi connectivity index (χ1v) is 7.20. The summed E-state index contributed by atoms with van der Waals surface area (Å²) in [5.41, 5.74) is -0.950. The molecule has 0 aliphatic carbocycles. The summed E-state index contributed by atoms with van der Waals surface area (Å²) in [5.74, 6) is -0.0879. The largest absolute Gasteiger partial charge is 0.378 e. The zero-order valence-electron chi connectivity index (χ0n) is 12.0. The van der Waals surface area contributed by atoms with Gasteiger partial charge in [0.15, 0.2) is 0 Å². The van der Waals surface area contributed by atoms with E-state index in [1.165, 1.54) is 6.42 Å². The fraction of sp³-hybridized carbons (Fsp3) is 0.857. The van der Waals surface area contributed by atoms with Gasteiger partial charge in [0.2, 0.25) is 11.8 Å². The standard InChI is InChI=1S/C14H24N2O3/c1-14(2,12(17)15-6-4-3-5-7-15)13(18)16-8-10-19-11-9-16/h3-11H2,1-2H3. The molecule has 5 heteroatoms. The summed E-state index contributed by atoms with van der Waals surface area (Å²) < 4.78 is 5.25. The van der Waals surface area contributed by atoms with Gasteiger partial charge in [-0.2, -0.15) is 0 Å². The number of morpholine rings is 1. The molecule has 0 aromatic carbocycles. The van der Waals surface area contributed by atoms with Crippen LogP contribution in [0.4, 0.5) is 0 Å². The number of rotatable bonds is 2. The molecule has 2 heterocycles. The molecule has 108 valence electrons. The predicted molar refractivity (Wildman–Crippen MR) is 71.6 cm³/mol. The van der Waals surface area contributed by atoms with Crippen LogP contribution in [0.1, 0.15) is 33.1 Å². The minimum atomic E-state index is -0.950. The molecule has 0 spiro atoms. The van der Waals surface area contributed by atoms with Crippen LogP contribution >= 0.6 is 0 Å². The molecular weight excluding hydrogens is 244 g/mol. The van der Waals surface area contributed by atoms with Crippen LogP contribution in [0.2, 0.25) is 0 Å². The van der Waals surface area contributed by atoms with Crippen molar-refractivity contribution in [3.05, 3.63) is 0 Å².